The van der Waals surface area contributed by atoms with E-state index in [2.05, 4.69) is 6.92 Å². The van der Waals surface area contributed by atoms with Crippen molar-refractivity contribution in [3.63, 3.8) is 0 Å². The predicted octanol–water partition coefficient (Wildman–Crippen LogP) is 7.28. The van der Waals surface area contributed by atoms with Gasteiger partial charge in [0.1, 0.15) is 0 Å². The number of alkyl halides is 5. The number of rotatable bonds is 7. The lowest BCUT2D eigenvalue weighted by Gasteiger charge is -2.17. The van der Waals surface area contributed by atoms with Crippen LogP contribution in [0.3, 0.4) is 0 Å². The summed E-state index contributed by atoms with van der Waals surface area (Å²) in [5.41, 5.74) is -0.290. The molecule has 0 aliphatic carbocycles. The van der Waals surface area contributed by atoms with Crippen LogP contribution in [0, 0.1) is 0 Å². The van der Waals surface area contributed by atoms with E-state index in [0.29, 0.717) is 28.8 Å². The van der Waals surface area contributed by atoms with E-state index >= 15 is 0 Å². The SMILES string of the molecule is CCCCCc1ccc(SC(F)(F)c2ccc(C(F)(F)F)cc2)cc1. The van der Waals surface area contributed by atoms with E-state index in [4.69, 9.17) is 0 Å². The fourth-order valence-electron chi connectivity index (χ4n) is 2.36. The van der Waals surface area contributed by atoms with E-state index in [-0.39, 0.29) is 0 Å². The summed E-state index contributed by atoms with van der Waals surface area (Å²) in [5, 5.41) is -3.30. The summed E-state index contributed by atoms with van der Waals surface area (Å²) < 4.78 is 66.2. The van der Waals surface area contributed by atoms with Gasteiger partial charge in [-0.15, -0.1) is 0 Å². The lowest BCUT2D eigenvalue weighted by molar-refractivity contribution is -0.137. The number of hydrogen-bond donors (Lipinski definition) is 0. The highest BCUT2D eigenvalue weighted by Crippen LogP contribution is 2.44. The summed E-state index contributed by atoms with van der Waals surface area (Å²) in [6.45, 7) is 2.11. The summed E-state index contributed by atoms with van der Waals surface area (Å²) in [5.74, 6) is 0. The number of unbranched alkanes of at least 4 members (excludes halogenated alkanes) is 2. The van der Waals surface area contributed by atoms with Crippen LogP contribution in [-0.2, 0) is 17.9 Å². The Kier molecular flexibility index (Phi) is 6.49. The summed E-state index contributed by atoms with van der Waals surface area (Å²) in [6.07, 6.45) is -0.316. The maximum absolute atomic E-state index is 14.3. The molecule has 0 N–H and O–H groups in total. The van der Waals surface area contributed by atoms with Crippen molar-refractivity contribution in [2.45, 2.75) is 48.9 Å². The summed E-state index contributed by atoms with van der Waals surface area (Å²) in [4.78, 5) is 0.379. The van der Waals surface area contributed by atoms with Gasteiger partial charge in [0.05, 0.1) is 5.56 Å². The van der Waals surface area contributed by atoms with Gasteiger partial charge in [-0.2, -0.15) is 22.0 Å². The molecule has 0 atom stereocenters. The van der Waals surface area contributed by atoms with Crippen molar-refractivity contribution in [1.82, 2.24) is 0 Å². The largest absolute Gasteiger partial charge is 0.416 e. The Labute approximate surface area is 148 Å². The Morgan fingerprint density at radius 2 is 1.32 bits per heavy atom. The van der Waals surface area contributed by atoms with Crippen LogP contribution in [-0.4, -0.2) is 0 Å². The molecule has 136 valence electrons. The maximum Gasteiger partial charge on any atom is 0.416 e. The van der Waals surface area contributed by atoms with Crippen LogP contribution in [0.2, 0.25) is 0 Å². The van der Waals surface area contributed by atoms with E-state index in [1.807, 2.05) is 12.1 Å². The van der Waals surface area contributed by atoms with Gasteiger partial charge in [0.15, 0.2) is 0 Å². The van der Waals surface area contributed by atoms with Crippen molar-refractivity contribution in [3.8, 4) is 0 Å². The molecule has 25 heavy (non-hydrogen) atoms. The standard InChI is InChI=1S/C19H19F5S/c1-2-3-4-5-14-6-12-17(13-7-14)25-19(23,24)16-10-8-15(9-11-16)18(20,21)22/h6-13H,2-5H2,1H3. The average molecular weight is 374 g/mol. The molecule has 0 nitrogen and oxygen atoms in total. The first-order chi connectivity index (χ1) is 11.7. The molecular weight excluding hydrogens is 355 g/mol. The van der Waals surface area contributed by atoms with E-state index in [0.717, 1.165) is 43.4 Å². The molecule has 0 unspecified atom stereocenters. The zero-order valence-corrected chi connectivity index (χ0v) is 14.6. The van der Waals surface area contributed by atoms with E-state index in [9.17, 15) is 22.0 Å². The minimum atomic E-state index is -4.53. The molecule has 0 radical (unpaired) electrons. The molecule has 0 aliphatic rings. The van der Waals surface area contributed by atoms with Crippen molar-refractivity contribution in [2.24, 2.45) is 0 Å². The number of thioether (sulfide) groups is 1. The van der Waals surface area contributed by atoms with Gasteiger partial charge in [-0.3, -0.25) is 0 Å². The smallest absolute Gasteiger partial charge is 0.188 e. The van der Waals surface area contributed by atoms with E-state index in [1.54, 1.807) is 12.1 Å². The van der Waals surface area contributed by atoms with Crippen molar-refractivity contribution in [1.29, 1.82) is 0 Å². The predicted molar refractivity (Wildman–Crippen MR) is 90.9 cm³/mol. The summed E-state index contributed by atoms with van der Waals surface area (Å²) in [7, 11) is 0. The molecule has 2 rings (SSSR count). The molecule has 0 fully saturated rings. The second-order valence-corrected chi connectivity index (χ2v) is 6.98. The van der Waals surface area contributed by atoms with Gasteiger partial charge in [0, 0.05) is 10.5 Å². The molecule has 0 aromatic heterocycles. The van der Waals surface area contributed by atoms with Gasteiger partial charge >= 0.3 is 11.4 Å². The van der Waals surface area contributed by atoms with Gasteiger partial charge in [-0.05, 0) is 54.4 Å². The highest BCUT2D eigenvalue weighted by molar-refractivity contribution is 8.00. The molecule has 0 spiro atoms. The van der Waals surface area contributed by atoms with Crippen molar-refractivity contribution < 1.29 is 22.0 Å². The van der Waals surface area contributed by atoms with Crippen molar-refractivity contribution in [3.05, 3.63) is 65.2 Å². The lowest BCUT2D eigenvalue weighted by Crippen LogP contribution is -2.10. The zero-order valence-electron chi connectivity index (χ0n) is 13.7. The third kappa shape index (κ3) is 5.73. The third-order valence-electron chi connectivity index (χ3n) is 3.79. The number of aryl methyl sites for hydroxylation is 1. The van der Waals surface area contributed by atoms with Crippen LogP contribution in [0.25, 0.3) is 0 Å². The Balaban J connectivity index is 2.05. The van der Waals surface area contributed by atoms with E-state index in [1.165, 1.54) is 0 Å². The molecule has 0 heterocycles. The Morgan fingerprint density at radius 3 is 1.84 bits per heavy atom. The van der Waals surface area contributed by atoms with E-state index < -0.39 is 22.6 Å². The first kappa shape index (κ1) is 19.8. The second-order valence-electron chi connectivity index (χ2n) is 5.80. The molecule has 0 amide bonds. The van der Waals surface area contributed by atoms with Crippen molar-refractivity contribution in [2.75, 3.05) is 0 Å². The molecule has 2 aromatic carbocycles. The van der Waals surface area contributed by atoms with Crippen LogP contribution < -0.4 is 0 Å². The van der Waals surface area contributed by atoms with Gasteiger partial charge in [0.25, 0.3) is 0 Å². The zero-order chi connectivity index (χ0) is 18.5. The fourth-order valence-corrected chi connectivity index (χ4v) is 3.19. The molecule has 0 bridgehead atoms. The lowest BCUT2D eigenvalue weighted by atomic mass is 10.1. The highest BCUT2D eigenvalue weighted by atomic mass is 32.2. The number of hydrogen-bond acceptors (Lipinski definition) is 1. The first-order valence-electron chi connectivity index (χ1n) is 8.06. The summed E-state index contributed by atoms with van der Waals surface area (Å²) >= 11 is 0.335. The normalized spacial score (nSPS) is 12.4. The fraction of sp³-hybridized carbons (Fsp3) is 0.368. The van der Waals surface area contributed by atoms with Crippen LogP contribution in [0.4, 0.5) is 22.0 Å². The molecule has 0 saturated carbocycles. The summed E-state index contributed by atoms with van der Waals surface area (Å²) in [6, 6.07) is 9.92. The molecule has 6 heteroatoms. The quantitative estimate of drug-likeness (QED) is 0.279. The minimum Gasteiger partial charge on any atom is -0.188 e. The Bertz CT molecular complexity index is 660. The molecule has 2 aromatic rings. The molecule has 0 saturated heterocycles. The highest BCUT2D eigenvalue weighted by Gasteiger charge is 2.35. The van der Waals surface area contributed by atoms with Crippen molar-refractivity contribution >= 4 is 11.8 Å². The van der Waals surface area contributed by atoms with Crippen LogP contribution in [0.5, 0.6) is 0 Å². The maximum atomic E-state index is 14.3. The van der Waals surface area contributed by atoms with Gasteiger partial charge < -0.3 is 0 Å². The van der Waals surface area contributed by atoms with Crippen LogP contribution in [0.15, 0.2) is 53.4 Å². The Hall–Kier alpha value is -1.56. The average Bonchev–Trinajstić information content (AvgIpc) is 2.56. The Morgan fingerprint density at radius 1 is 0.760 bits per heavy atom. The molecular formula is C19H19F5S. The topological polar surface area (TPSA) is 0 Å². The second kappa shape index (κ2) is 8.21. The van der Waals surface area contributed by atoms with Gasteiger partial charge in [-0.1, -0.05) is 44.0 Å². The van der Waals surface area contributed by atoms with Crippen LogP contribution >= 0.6 is 11.8 Å². The van der Waals surface area contributed by atoms with Crippen LogP contribution in [0.1, 0.15) is 42.9 Å². The number of benzene rings is 2. The molecule has 0 aliphatic heterocycles. The minimum absolute atomic E-state index is 0.335. The third-order valence-corrected chi connectivity index (χ3v) is 4.79. The van der Waals surface area contributed by atoms with Gasteiger partial charge in [0.2, 0.25) is 0 Å². The monoisotopic (exact) mass is 374 g/mol. The van der Waals surface area contributed by atoms with Gasteiger partial charge in [-0.25, -0.2) is 0 Å². The first-order valence-corrected chi connectivity index (χ1v) is 8.87. The number of halogens is 5.